The van der Waals surface area contributed by atoms with Crippen molar-refractivity contribution in [3.63, 3.8) is 0 Å². The summed E-state index contributed by atoms with van der Waals surface area (Å²) in [6.07, 6.45) is 2.76. The summed E-state index contributed by atoms with van der Waals surface area (Å²) < 4.78 is 1.89. The second-order valence-electron chi connectivity index (χ2n) is 6.05. The molecular weight excluding hydrogens is 332 g/mol. The molecule has 0 aliphatic carbocycles. The first-order valence-electron chi connectivity index (χ1n) is 8.33. The lowest BCUT2D eigenvalue weighted by Crippen LogP contribution is -2.26. The van der Waals surface area contributed by atoms with Crippen LogP contribution >= 0.6 is 11.3 Å². The van der Waals surface area contributed by atoms with Gasteiger partial charge >= 0.3 is 0 Å². The molecule has 0 N–H and O–H groups in total. The Morgan fingerprint density at radius 3 is 2.72 bits per heavy atom. The van der Waals surface area contributed by atoms with Crippen LogP contribution in [-0.4, -0.2) is 32.6 Å². The number of rotatable bonds is 6. The Morgan fingerprint density at radius 1 is 1.28 bits per heavy atom. The molecule has 0 fully saturated rings. The maximum absolute atomic E-state index is 12.6. The average Bonchev–Trinajstić information content (AvgIpc) is 3.22. The summed E-state index contributed by atoms with van der Waals surface area (Å²) in [4.78, 5) is 18.9. The van der Waals surface area contributed by atoms with E-state index in [1.165, 1.54) is 16.9 Å². The Bertz CT molecular complexity index is 853. The molecule has 0 aliphatic heterocycles. The van der Waals surface area contributed by atoms with Gasteiger partial charge in [-0.1, -0.05) is 30.3 Å². The zero-order valence-corrected chi connectivity index (χ0v) is 15.6. The van der Waals surface area contributed by atoms with Crippen LogP contribution in [0.5, 0.6) is 0 Å². The Hall–Kier alpha value is -2.47. The topological polar surface area (TPSA) is 51.0 Å². The summed E-state index contributed by atoms with van der Waals surface area (Å²) in [5, 5.41) is 7.23. The first-order chi connectivity index (χ1) is 12.1. The van der Waals surface area contributed by atoms with E-state index in [-0.39, 0.29) is 5.91 Å². The van der Waals surface area contributed by atoms with E-state index in [1.54, 1.807) is 11.9 Å². The smallest absolute Gasteiger partial charge is 0.273 e. The van der Waals surface area contributed by atoms with Crippen molar-refractivity contribution in [1.29, 1.82) is 0 Å². The lowest BCUT2D eigenvalue weighted by molar-refractivity contribution is 0.0779. The molecule has 1 aromatic carbocycles. The van der Waals surface area contributed by atoms with E-state index in [2.05, 4.69) is 29.1 Å². The SMILES string of the molecule is CCn1cc(CN(C)C(=O)c2csc(Cc3ccccc3)n2)c(C)n1. The minimum Gasteiger partial charge on any atom is -0.336 e. The number of amides is 1. The molecule has 0 aliphatic rings. The second-order valence-corrected chi connectivity index (χ2v) is 6.99. The fourth-order valence-corrected chi connectivity index (χ4v) is 3.46. The lowest BCUT2D eigenvalue weighted by atomic mass is 10.2. The number of aryl methyl sites for hydroxylation is 2. The van der Waals surface area contributed by atoms with Gasteiger partial charge in [-0.25, -0.2) is 4.98 Å². The highest BCUT2D eigenvalue weighted by Gasteiger charge is 2.17. The summed E-state index contributed by atoms with van der Waals surface area (Å²) in [6.45, 7) is 5.39. The quantitative estimate of drug-likeness (QED) is 0.680. The van der Waals surface area contributed by atoms with Gasteiger partial charge in [0, 0.05) is 43.7 Å². The van der Waals surface area contributed by atoms with Crippen LogP contribution in [-0.2, 0) is 19.5 Å². The molecule has 2 aromatic heterocycles. The van der Waals surface area contributed by atoms with Gasteiger partial charge in [0.2, 0.25) is 0 Å². The van der Waals surface area contributed by atoms with Crippen LogP contribution in [0.1, 0.15) is 39.2 Å². The normalized spacial score (nSPS) is 10.8. The van der Waals surface area contributed by atoms with Gasteiger partial charge in [-0.3, -0.25) is 9.48 Å². The Balaban J connectivity index is 1.67. The maximum atomic E-state index is 12.6. The molecule has 0 bridgehead atoms. The fraction of sp³-hybridized carbons (Fsp3) is 0.316. The van der Waals surface area contributed by atoms with Crippen LogP contribution in [0.3, 0.4) is 0 Å². The van der Waals surface area contributed by atoms with E-state index in [4.69, 9.17) is 0 Å². The third-order valence-corrected chi connectivity index (χ3v) is 4.94. The number of nitrogens with zero attached hydrogens (tertiary/aromatic N) is 4. The summed E-state index contributed by atoms with van der Waals surface area (Å²) in [7, 11) is 1.81. The van der Waals surface area contributed by atoms with Gasteiger partial charge in [-0.15, -0.1) is 11.3 Å². The zero-order valence-electron chi connectivity index (χ0n) is 14.8. The zero-order chi connectivity index (χ0) is 17.8. The molecule has 0 unspecified atom stereocenters. The monoisotopic (exact) mass is 354 g/mol. The van der Waals surface area contributed by atoms with Crippen LogP contribution in [0.2, 0.25) is 0 Å². The van der Waals surface area contributed by atoms with E-state index in [0.29, 0.717) is 12.2 Å². The Morgan fingerprint density at radius 2 is 2.04 bits per heavy atom. The third-order valence-electron chi connectivity index (χ3n) is 4.10. The van der Waals surface area contributed by atoms with Gasteiger partial charge in [0.1, 0.15) is 5.69 Å². The molecule has 0 spiro atoms. The van der Waals surface area contributed by atoms with E-state index in [9.17, 15) is 4.79 Å². The molecule has 2 heterocycles. The van der Waals surface area contributed by atoms with Gasteiger partial charge < -0.3 is 4.90 Å². The summed E-state index contributed by atoms with van der Waals surface area (Å²) in [5.74, 6) is -0.0563. The van der Waals surface area contributed by atoms with Crippen molar-refractivity contribution in [3.8, 4) is 0 Å². The number of thiazole rings is 1. The second kappa shape index (κ2) is 7.61. The van der Waals surface area contributed by atoms with Crippen molar-refractivity contribution in [1.82, 2.24) is 19.7 Å². The highest BCUT2D eigenvalue weighted by Crippen LogP contribution is 2.17. The highest BCUT2D eigenvalue weighted by atomic mass is 32.1. The van der Waals surface area contributed by atoms with E-state index >= 15 is 0 Å². The fourth-order valence-electron chi connectivity index (χ4n) is 2.66. The van der Waals surface area contributed by atoms with E-state index in [1.807, 2.05) is 41.4 Å². The summed E-state index contributed by atoms with van der Waals surface area (Å²) in [6, 6.07) is 10.2. The van der Waals surface area contributed by atoms with Crippen molar-refractivity contribution in [2.75, 3.05) is 7.05 Å². The maximum Gasteiger partial charge on any atom is 0.273 e. The van der Waals surface area contributed by atoms with Gasteiger partial charge in [-0.2, -0.15) is 5.10 Å². The summed E-state index contributed by atoms with van der Waals surface area (Å²) in [5.41, 5.74) is 3.74. The van der Waals surface area contributed by atoms with Gasteiger partial charge in [-0.05, 0) is 19.4 Å². The van der Waals surface area contributed by atoms with Crippen molar-refractivity contribution in [3.05, 3.63) is 69.4 Å². The van der Waals surface area contributed by atoms with Crippen LogP contribution in [0, 0.1) is 6.92 Å². The van der Waals surface area contributed by atoms with Crippen LogP contribution in [0.4, 0.5) is 0 Å². The summed E-state index contributed by atoms with van der Waals surface area (Å²) >= 11 is 1.53. The van der Waals surface area contributed by atoms with Crippen molar-refractivity contribution < 1.29 is 4.79 Å². The van der Waals surface area contributed by atoms with E-state index in [0.717, 1.165) is 29.2 Å². The van der Waals surface area contributed by atoms with Crippen molar-refractivity contribution in [2.24, 2.45) is 0 Å². The van der Waals surface area contributed by atoms with Gasteiger partial charge in [0.15, 0.2) is 0 Å². The lowest BCUT2D eigenvalue weighted by Gasteiger charge is -2.15. The molecule has 0 saturated carbocycles. The number of aromatic nitrogens is 3. The largest absolute Gasteiger partial charge is 0.336 e. The van der Waals surface area contributed by atoms with Crippen LogP contribution < -0.4 is 0 Å². The number of hydrogen-bond acceptors (Lipinski definition) is 4. The molecule has 6 heteroatoms. The average molecular weight is 354 g/mol. The standard InChI is InChI=1S/C19H22N4OS/c1-4-23-12-16(14(2)21-23)11-22(3)19(24)17-13-25-18(20-17)10-15-8-6-5-7-9-15/h5-9,12-13H,4,10-11H2,1-3H3. The minimum absolute atomic E-state index is 0.0563. The molecule has 0 radical (unpaired) electrons. The van der Waals surface area contributed by atoms with Crippen LogP contribution in [0.25, 0.3) is 0 Å². The minimum atomic E-state index is -0.0563. The number of benzene rings is 1. The van der Waals surface area contributed by atoms with Gasteiger partial charge in [0.05, 0.1) is 10.7 Å². The third kappa shape index (κ3) is 4.14. The van der Waals surface area contributed by atoms with Crippen LogP contribution in [0.15, 0.2) is 41.9 Å². The van der Waals surface area contributed by atoms with Crippen molar-refractivity contribution in [2.45, 2.75) is 33.4 Å². The van der Waals surface area contributed by atoms with Gasteiger partial charge in [0.25, 0.3) is 5.91 Å². The molecule has 1 amide bonds. The molecule has 5 nitrogen and oxygen atoms in total. The number of hydrogen-bond donors (Lipinski definition) is 0. The molecule has 3 aromatic rings. The molecular formula is C19H22N4OS. The predicted molar refractivity (Wildman–Crippen MR) is 99.8 cm³/mol. The molecule has 3 rings (SSSR count). The molecule has 0 saturated heterocycles. The first kappa shape index (κ1) is 17.4. The first-order valence-corrected chi connectivity index (χ1v) is 9.21. The predicted octanol–water partition coefficient (Wildman–Crippen LogP) is 3.53. The Labute approximate surface area is 151 Å². The Kier molecular flexibility index (Phi) is 5.28. The van der Waals surface area contributed by atoms with E-state index < -0.39 is 0 Å². The molecule has 130 valence electrons. The number of carbonyl (C=O) groups excluding carboxylic acids is 1. The highest BCUT2D eigenvalue weighted by molar-refractivity contribution is 7.09. The number of carbonyl (C=O) groups is 1. The molecule has 25 heavy (non-hydrogen) atoms. The van der Waals surface area contributed by atoms with Crippen molar-refractivity contribution >= 4 is 17.2 Å². The molecule has 0 atom stereocenters.